The van der Waals surface area contributed by atoms with Crippen LogP contribution in [-0.4, -0.2) is 36.8 Å². The summed E-state index contributed by atoms with van der Waals surface area (Å²) in [6.45, 7) is 2.88. The van der Waals surface area contributed by atoms with E-state index in [0.717, 1.165) is 11.3 Å². The molecule has 1 saturated carbocycles. The summed E-state index contributed by atoms with van der Waals surface area (Å²) in [7, 11) is 0. The Balaban J connectivity index is 1.60. The van der Waals surface area contributed by atoms with Crippen molar-refractivity contribution in [1.29, 1.82) is 0 Å². The number of urea groups is 1. The SMILES string of the molecule is Cc1cccc(OCCNC(=O)NCC2(C(=O)O)CC2)c1. The molecule has 0 radical (unpaired) electrons. The second-order valence-electron chi connectivity index (χ2n) is 5.36. The molecule has 0 aliphatic heterocycles. The zero-order valence-corrected chi connectivity index (χ0v) is 12.0. The van der Waals surface area contributed by atoms with Crippen molar-refractivity contribution in [3.63, 3.8) is 0 Å². The van der Waals surface area contributed by atoms with Crippen molar-refractivity contribution in [3.05, 3.63) is 29.8 Å². The molecule has 1 aliphatic carbocycles. The molecule has 1 aromatic rings. The van der Waals surface area contributed by atoms with Crippen LogP contribution in [0.2, 0.25) is 0 Å². The van der Waals surface area contributed by atoms with Gasteiger partial charge in [-0.15, -0.1) is 0 Å². The van der Waals surface area contributed by atoms with Crippen LogP contribution < -0.4 is 15.4 Å². The highest BCUT2D eigenvalue weighted by Crippen LogP contribution is 2.45. The van der Waals surface area contributed by atoms with Crippen LogP contribution in [0.15, 0.2) is 24.3 Å². The summed E-state index contributed by atoms with van der Waals surface area (Å²) >= 11 is 0. The topological polar surface area (TPSA) is 87.7 Å². The van der Waals surface area contributed by atoms with Gasteiger partial charge in [-0.3, -0.25) is 4.79 Å². The molecule has 3 N–H and O–H groups in total. The maximum absolute atomic E-state index is 11.5. The lowest BCUT2D eigenvalue weighted by Gasteiger charge is -2.12. The van der Waals surface area contributed by atoms with E-state index in [9.17, 15) is 9.59 Å². The third kappa shape index (κ3) is 4.37. The second kappa shape index (κ2) is 6.47. The van der Waals surface area contributed by atoms with Crippen molar-refractivity contribution in [3.8, 4) is 5.75 Å². The third-order valence-corrected chi connectivity index (χ3v) is 3.54. The summed E-state index contributed by atoms with van der Waals surface area (Å²) in [5, 5.41) is 14.2. The fraction of sp³-hybridized carbons (Fsp3) is 0.467. The Labute approximate surface area is 123 Å². The minimum atomic E-state index is -0.842. The molecule has 0 heterocycles. The molecule has 2 rings (SSSR count). The number of amides is 2. The van der Waals surface area contributed by atoms with E-state index in [4.69, 9.17) is 9.84 Å². The standard InChI is InChI=1S/C15H20N2O4/c1-11-3-2-4-12(9-11)21-8-7-16-14(20)17-10-15(5-6-15)13(18)19/h2-4,9H,5-8,10H2,1H3,(H,18,19)(H2,16,17,20). The molecule has 0 aromatic heterocycles. The summed E-state index contributed by atoms with van der Waals surface area (Å²) in [4.78, 5) is 22.5. The molecule has 114 valence electrons. The summed E-state index contributed by atoms with van der Waals surface area (Å²) in [6.07, 6.45) is 1.25. The highest BCUT2D eigenvalue weighted by molar-refractivity contribution is 5.80. The van der Waals surface area contributed by atoms with Gasteiger partial charge in [-0.1, -0.05) is 12.1 Å². The summed E-state index contributed by atoms with van der Waals surface area (Å²) < 4.78 is 5.50. The van der Waals surface area contributed by atoms with Crippen LogP contribution >= 0.6 is 0 Å². The number of hydrogen-bond donors (Lipinski definition) is 3. The Kier molecular flexibility index (Phi) is 4.67. The minimum Gasteiger partial charge on any atom is -0.492 e. The summed E-state index contributed by atoms with van der Waals surface area (Å²) in [6, 6.07) is 7.30. The Morgan fingerprint density at radius 1 is 1.33 bits per heavy atom. The Bertz CT molecular complexity index is 526. The van der Waals surface area contributed by atoms with Crippen LogP contribution in [0.25, 0.3) is 0 Å². The lowest BCUT2D eigenvalue weighted by atomic mass is 10.1. The van der Waals surface area contributed by atoms with Crippen LogP contribution in [0.1, 0.15) is 18.4 Å². The van der Waals surface area contributed by atoms with E-state index in [1.54, 1.807) is 0 Å². The molecule has 0 unspecified atom stereocenters. The van der Waals surface area contributed by atoms with Gasteiger partial charge in [0.25, 0.3) is 0 Å². The first kappa shape index (κ1) is 15.2. The van der Waals surface area contributed by atoms with E-state index in [0.29, 0.717) is 26.0 Å². The number of aryl methyl sites for hydroxylation is 1. The van der Waals surface area contributed by atoms with Crippen molar-refractivity contribution in [2.45, 2.75) is 19.8 Å². The Morgan fingerprint density at radius 2 is 2.10 bits per heavy atom. The number of carbonyl (C=O) groups excluding carboxylic acids is 1. The molecule has 1 aliphatic rings. The number of carbonyl (C=O) groups is 2. The van der Waals surface area contributed by atoms with Gasteiger partial charge in [-0.2, -0.15) is 0 Å². The quantitative estimate of drug-likeness (QED) is 0.665. The van der Waals surface area contributed by atoms with E-state index >= 15 is 0 Å². The lowest BCUT2D eigenvalue weighted by molar-refractivity contribution is -0.143. The number of ether oxygens (including phenoxy) is 1. The van der Waals surface area contributed by atoms with Gasteiger partial charge in [0.15, 0.2) is 0 Å². The highest BCUT2D eigenvalue weighted by Gasteiger charge is 2.50. The van der Waals surface area contributed by atoms with Crippen molar-refractivity contribution < 1.29 is 19.4 Å². The molecule has 21 heavy (non-hydrogen) atoms. The molecule has 0 bridgehead atoms. The first-order valence-electron chi connectivity index (χ1n) is 6.96. The van der Waals surface area contributed by atoms with Crippen molar-refractivity contribution in [1.82, 2.24) is 10.6 Å². The number of carboxylic acids is 1. The molecule has 2 amide bonds. The van der Waals surface area contributed by atoms with Crippen molar-refractivity contribution in [2.24, 2.45) is 5.41 Å². The van der Waals surface area contributed by atoms with Gasteiger partial charge in [0.05, 0.1) is 12.0 Å². The van der Waals surface area contributed by atoms with Crippen LogP contribution in [0.3, 0.4) is 0 Å². The first-order valence-corrected chi connectivity index (χ1v) is 6.96. The molecule has 1 fully saturated rings. The zero-order chi connectivity index (χ0) is 15.3. The molecule has 6 heteroatoms. The number of rotatable bonds is 7. The predicted octanol–water partition coefficient (Wildman–Crippen LogP) is 1.54. The smallest absolute Gasteiger partial charge is 0.314 e. The minimum absolute atomic E-state index is 0.174. The first-order chi connectivity index (χ1) is 10.0. The van der Waals surface area contributed by atoms with Crippen LogP contribution in [0.5, 0.6) is 5.75 Å². The molecule has 0 spiro atoms. The average molecular weight is 292 g/mol. The van der Waals surface area contributed by atoms with Crippen molar-refractivity contribution >= 4 is 12.0 Å². The summed E-state index contributed by atoms with van der Waals surface area (Å²) in [5.74, 6) is -0.0781. The van der Waals surface area contributed by atoms with E-state index < -0.39 is 11.4 Å². The van der Waals surface area contributed by atoms with Crippen molar-refractivity contribution in [2.75, 3.05) is 19.7 Å². The highest BCUT2D eigenvalue weighted by atomic mass is 16.5. The van der Waals surface area contributed by atoms with Gasteiger partial charge in [0, 0.05) is 6.54 Å². The Morgan fingerprint density at radius 3 is 2.71 bits per heavy atom. The summed E-state index contributed by atoms with van der Waals surface area (Å²) in [5.41, 5.74) is 0.372. The van der Waals surface area contributed by atoms with Crippen LogP contribution in [0, 0.1) is 12.3 Å². The van der Waals surface area contributed by atoms with Gasteiger partial charge >= 0.3 is 12.0 Å². The van der Waals surface area contributed by atoms with Crippen LogP contribution in [0.4, 0.5) is 4.79 Å². The second-order valence-corrected chi connectivity index (χ2v) is 5.36. The number of nitrogens with one attached hydrogen (secondary N) is 2. The van der Waals surface area contributed by atoms with E-state index in [1.807, 2.05) is 31.2 Å². The molecular formula is C15H20N2O4. The van der Waals surface area contributed by atoms with Gasteiger partial charge < -0.3 is 20.5 Å². The zero-order valence-electron chi connectivity index (χ0n) is 12.0. The van der Waals surface area contributed by atoms with E-state index in [1.165, 1.54) is 0 Å². The number of hydrogen-bond acceptors (Lipinski definition) is 3. The van der Waals surface area contributed by atoms with E-state index in [-0.39, 0.29) is 12.6 Å². The third-order valence-electron chi connectivity index (χ3n) is 3.54. The largest absolute Gasteiger partial charge is 0.492 e. The van der Waals surface area contributed by atoms with Crippen LogP contribution in [-0.2, 0) is 4.79 Å². The maximum Gasteiger partial charge on any atom is 0.314 e. The normalized spacial score (nSPS) is 15.1. The average Bonchev–Trinajstić information content (AvgIpc) is 3.23. The van der Waals surface area contributed by atoms with Gasteiger partial charge in [-0.25, -0.2) is 4.79 Å². The fourth-order valence-corrected chi connectivity index (χ4v) is 1.97. The molecule has 6 nitrogen and oxygen atoms in total. The number of benzene rings is 1. The van der Waals surface area contributed by atoms with Gasteiger partial charge in [-0.05, 0) is 37.5 Å². The lowest BCUT2D eigenvalue weighted by Crippen LogP contribution is -2.42. The van der Waals surface area contributed by atoms with Gasteiger partial charge in [0.1, 0.15) is 12.4 Å². The maximum atomic E-state index is 11.5. The predicted molar refractivity (Wildman–Crippen MR) is 77.4 cm³/mol. The molecule has 1 aromatic carbocycles. The van der Waals surface area contributed by atoms with E-state index in [2.05, 4.69) is 10.6 Å². The van der Waals surface area contributed by atoms with Gasteiger partial charge in [0.2, 0.25) is 0 Å². The number of aliphatic carboxylic acids is 1. The number of carboxylic acid groups (broad SMARTS) is 1. The fourth-order valence-electron chi connectivity index (χ4n) is 1.97. The monoisotopic (exact) mass is 292 g/mol. The molecule has 0 atom stereocenters. The Hall–Kier alpha value is -2.24. The molecular weight excluding hydrogens is 272 g/mol. The molecule has 0 saturated heterocycles.